The number of hydrogen-bond acceptors (Lipinski definition) is 3. The van der Waals surface area contributed by atoms with Gasteiger partial charge < -0.3 is 10.0 Å². The van der Waals surface area contributed by atoms with E-state index >= 15 is 0 Å². The molecule has 2 heterocycles. The number of halogens is 1. The lowest BCUT2D eigenvalue weighted by Crippen LogP contribution is -2.40. The minimum atomic E-state index is -0.800. The fourth-order valence-corrected chi connectivity index (χ4v) is 3.76. The Hall–Kier alpha value is -2.70. The number of carboxylic acid groups (broad SMARTS) is 1. The van der Waals surface area contributed by atoms with Gasteiger partial charge in [0.15, 0.2) is 0 Å². The van der Waals surface area contributed by atoms with E-state index in [2.05, 4.69) is 5.10 Å². The van der Waals surface area contributed by atoms with Gasteiger partial charge in [-0.25, -0.2) is 9.07 Å². The smallest absolute Gasteiger partial charge is 0.303 e. The first-order chi connectivity index (χ1) is 12.9. The van der Waals surface area contributed by atoms with Crippen LogP contribution >= 0.6 is 0 Å². The fourth-order valence-electron chi connectivity index (χ4n) is 3.76. The Balaban J connectivity index is 1.80. The van der Waals surface area contributed by atoms with Crippen molar-refractivity contribution in [3.8, 4) is 5.69 Å². The quantitative estimate of drug-likeness (QED) is 0.872. The third kappa shape index (κ3) is 4.18. The van der Waals surface area contributed by atoms with Gasteiger partial charge in [-0.15, -0.1) is 0 Å². The van der Waals surface area contributed by atoms with E-state index in [0.29, 0.717) is 36.5 Å². The molecule has 1 aromatic carbocycles. The molecule has 27 heavy (non-hydrogen) atoms. The van der Waals surface area contributed by atoms with Crippen LogP contribution in [0.15, 0.2) is 24.3 Å². The van der Waals surface area contributed by atoms with Crippen LogP contribution in [0.25, 0.3) is 5.69 Å². The van der Waals surface area contributed by atoms with Crippen molar-refractivity contribution < 1.29 is 19.1 Å². The first-order valence-corrected chi connectivity index (χ1v) is 9.20. The van der Waals surface area contributed by atoms with Gasteiger partial charge >= 0.3 is 5.97 Å². The van der Waals surface area contributed by atoms with Crippen LogP contribution in [0, 0.1) is 25.6 Å². The molecule has 144 valence electrons. The number of likely N-dealkylation sites (tertiary alicyclic amines) is 1. The van der Waals surface area contributed by atoms with Crippen molar-refractivity contribution >= 4 is 11.9 Å². The highest BCUT2D eigenvalue weighted by Gasteiger charge is 2.28. The largest absolute Gasteiger partial charge is 0.481 e. The fraction of sp³-hybridized carbons (Fsp3) is 0.450. The van der Waals surface area contributed by atoms with E-state index in [9.17, 15) is 14.0 Å². The molecule has 1 aliphatic rings. The summed E-state index contributed by atoms with van der Waals surface area (Å²) in [5, 5.41) is 13.4. The molecule has 0 radical (unpaired) electrons. The zero-order valence-electron chi connectivity index (χ0n) is 15.6. The van der Waals surface area contributed by atoms with Gasteiger partial charge in [0.2, 0.25) is 0 Å². The Bertz CT molecular complexity index is 845. The maximum atomic E-state index is 13.2. The zero-order chi connectivity index (χ0) is 19.6. The van der Waals surface area contributed by atoms with Crippen LogP contribution in [0.3, 0.4) is 0 Å². The maximum Gasteiger partial charge on any atom is 0.303 e. The number of aryl methyl sites for hydroxylation is 1. The summed E-state index contributed by atoms with van der Waals surface area (Å²) in [5.74, 6) is -0.979. The Kier molecular flexibility index (Phi) is 5.58. The molecule has 0 aliphatic carbocycles. The first-order valence-electron chi connectivity index (χ1n) is 9.20. The summed E-state index contributed by atoms with van der Waals surface area (Å²) < 4.78 is 14.8. The molecule has 2 aromatic rings. The number of nitrogens with zero attached hydrogens (tertiary/aromatic N) is 3. The topological polar surface area (TPSA) is 75.4 Å². The summed E-state index contributed by atoms with van der Waals surface area (Å²) in [6.45, 7) is 4.88. The number of carboxylic acids is 1. The molecule has 0 bridgehead atoms. The molecule has 1 atom stereocenters. The molecule has 1 N–H and O–H groups in total. The van der Waals surface area contributed by atoms with E-state index in [0.717, 1.165) is 18.5 Å². The normalized spacial score (nSPS) is 17.1. The van der Waals surface area contributed by atoms with Crippen molar-refractivity contribution in [3.63, 3.8) is 0 Å². The number of carbonyl (C=O) groups excluding carboxylic acids is 1. The molecule has 7 heteroatoms. The third-order valence-electron chi connectivity index (χ3n) is 5.15. The molecule has 1 aliphatic heterocycles. The van der Waals surface area contributed by atoms with Gasteiger partial charge in [-0.3, -0.25) is 9.59 Å². The van der Waals surface area contributed by atoms with Gasteiger partial charge in [-0.05, 0) is 63.3 Å². The number of carbonyl (C=O) groups is 2. The van der Waals surface area contributed by atoms with Crippen molar-refractivity contribution in [2.75, 3.05) is 13.1 Å². The highest BCUT2D eigenvalue weighted by atomic mass is 19.1. The van der Waals surface area contributed by atoms with Gasteiger partial charge in [0.05, 0.1) is 22.6 Å². The number of amides is 1. The minimum Gasteiger partial charge on any atom is -0.481 e. The number of rotatable bonds is 5. The summed E-state index contributed by atoms with van der Waals surface area (Å²) in [6, 6.07) is 5.99. The van der Waals surface area contributed by atoms with Crippen LogP contribution < -0.4 is 0 Å². The second kappa shape index (κ2) is 7.90. The standard InChI is InChI=1S/C20H24FN3O3/c1-13-19(14(2)24(22-13)17-8-6-16(21)7-9-17)20(27)23-11-3-4-15(12-23)5-10-18(25)26/h6-9,15H,3-5,10-12H2,1-2H3,(H,25,26). The lowest BCUT2D eigenvalue weighted by Gasteiger charge is -2.32. The van der Waals surface area contributed by atoms with E-state index in [1.54, 1.807) is 23.7 Å². The molecular weight excluding hydrogens is 349 g/mol. The third-order valence-corrected chi connectivity index (χ3v) is 5.15. The van der Waals surface area contributed by atoms with Crippen LogP contribution in [-0.2, 0) is 4.79 Å². The molecule has 6 nitrogen and oxygen atoms in total. The Morgan fingerprint density at radius 1 is 1.26 bits per heavy atom. The summed E-state index contributed by atoms with van der Waals surface area (Å²) in [4.78, 5) is 25.7. The average molecular weight is 373 g/mol. The monoisotopic (exact) mass is 373 g/mol. The van der Waals surface area contributed by atoms with Crippen LogP contribution in [0.1, 0.15) is 47.4 Å². The van der Waals surface area contributed by atoms with Crippen molar-refractivity contribution in [2.24, 2.45) is 5.92 Å². The number of hydrogen-bond donors (Lipinski definition) is 1. The van der Waals surface area contributed by atoms with Gasteiger partial charge in [0.1, 0.15) is 5.82 Å². The van der Waals surface area contributed by atoms with Crippen LogP contribution in [0.4, 0.5) is 4.39 Å². The van der Waals surface area contributed by atoms with Crippen LogP contribution in [0.5, 0.6) is 0 Å². The minimum absolute atomic E-state index is 0.0709. The van der Waals surface area contributed by atoms with Crippen LogP contribution in [-0.4, -0.2) is 44.8 Å². The van der Waals surface area contributed by atoms with E-state index in [1.807, 2.05) is 11.8 Å². The number of aromatic nitrogens is 2. The Morgan fingerprint density at radius 2 is 1.96 bits per heavy atom. The second-order valence-corrected chi connectivity index (χ2v) is 7.13. The second-order valence-electron chi connectivity index (χ2n) is 7.13. The predicted molar refractivity (Wildman–Crippen MR) is 98.5 cm³/mol. The molecule has 1 saturated heterocycles. The predicted octanol–water partition coefficient (Wildman–Crippen LogP) is 3.35. The summed E-state index contributed by atoms with van der Waals surface area (Å²) >= 11 is 0. The highest BCUT2D eigenvalue weighted by Crippen LogP contribution is 2.25. The van der Waals surface area contributed by atoms with Crippen molar-refractivity contribution in [1.29, 1.82) is 0 Å². The van der Waals surface area contributed by atoms with E-state index in [-0.39, 0.29) is 24.1 Å². The van der Waals surface area contributed by atoms with Crippen molar-refractivity contribution in [3.05, 3.63) is 47.0 Å². The summed E-state index contributed by atoms with van der Waals surface area (Å²) in [7, 11) is 0. The van der Waals surface area contributed by atoms with E-state index in [4.69, 9.17) is 5.11 Å². The molecular formula is C20H24FN3O3. The van der Waals surface area contributed by atoms with Gasteiger partial charge in [0.25, 0.3) is 5.91 Å². The van der Waals surface area contributed by atoms with Gasteiger partial charge in [-0.2, -0.15) is 5.10 Å². The highest BCUT2D eigenvalue weighted by molar-refractivity contribution is 5.96. The number of aliphatic carboxylic acids is 1. The summed E-state index contributed by atoms with van der Waals surface area (Å²) in [5.41, 5.74) is 2.62. The van der Waals surface area contributed by atoms with Crippen LogP contribution in [0.2, 0.25) is 0 Å². The Labute approximate surface area is 157 Å². The molecule has 1 amide bonds. The Morgan fingerprint density at radius 3 is 2.63 bits per heavy atom. The number of benzene rings is 1. The van der Waals surface area contributed by atoms with Crippen molar-refractivity contribution in [1.82, 2.24) is 14.7 Å². The van der Waals surface area contributed by atoms with Gasteiger partial charge in [-0.1, -0.05) is 0 Å². The molecule has 1 fully saturated rings. The zero-order valence-corrected chi connectivity index (χ0v) is 15.6. The van der Waals surface area contributed by atoms with Crippen molar-refractivity contribution in [2.45, 2.75) is 39.5 Å². The maximum absolute atomic E-state index is 13.2. The SMILES string of the molecule is Cc1nn(-c2ccc(F)cc2)c(C)c1C(=O)N1CCCC(CCC(=O)O)C1. The molecule has 1 unspecified atom stereocenters. The van der Waals surface area contributed by atoms with E-state index in [1.165, 1.54) is 12.1 Å². The summed E-state index contributed by atoms with van der Waals surface area (Å²) in [6.07, 6.45) is 2.54. The molecule has 3 rings (SSSR count). The van der Waals surface area contributed by atoms with Gasteiger partial charge in [0, 0.05) is 19.5 Å². The molecule has 0 spiro atoms. The lowest BCUT2D eigenvalue weighted by atomic mass is 9.93. The average Bonchev–Trinajstić information content (AvgIpc) is 2.94. The lowest BCUT2D eigenvalue weighted by molar-refractivity contribution is -0.137. The van der Waals surface area contributed by atoms with E-state index < -0.39 is 5.97 Å². The number of piperidine rings is 1. The molecule has 1 aromatic heterocycles. The molecule has 0 saturated carbocycles. The first kappa shape index (κ1) is 19.1.